The Hall–Kier alpha value is -2.71. The Labute approximate surface area is 214 Å². The first kappa shape index (κ1) is 25.4. The minimum Gasteiger partial charge on any atom is -0.321 e. The lowest BCUT2D eigenvalue weighted by molar-refractivity contribution is 0.102. The SMILES string of the molecule is O=C(Nc1ccc(Cl)cc1C(=O)c1ccccc1)c1cc(S(=O)(=O)N2CCCCCC2)ccc1Cl. The molecule has 3 aromatic carbocycles. The molecular weight excluding hydrogens is 507 g/mol. The summed E-state index contributed by atoms with van der Waals surface area (Å²) >= 11 is 12.4. The smallest absolute Gasteiger partial charge is 0.257 e. The molecule has 35 heavy (non-hydrogen) atoms. The Kier molecular flexibility index (Phi) is 7.91. The average Bonchev–Trinajstić information content (AvgIpc) is 3.15. The molecule has 182 valence electrons. The van der Waals surface area contributed by atoms with Crippen LogP contribution in [0.1, 0.15) is 52.0 Å². The zero-order chi connectivity index (χ0) is 25.0. The van der Waals surface area contributed by atoms with E-state index in [4.69, 9.17) is 23.2 Å². The fourth-order valence-electron chi connectivity index (χ4n) is 4.02. The number of ketones is 1. The van der Waals surface area contributed by atoms with Crippen molar-refractivity contribution in [1.29, 1.82) is 0 Å². The number of anilines is 1. The molecule has 1 heterocycles. The number of benzene rings is 3. The topological polar surface area (TPSA) is 83.5 Å². The first-order valence-electron chi connectivity index (χ1n) is 11.3. The molecule has 0 bridgehead atoms. The maximum Gasteiger partial charge on any atom is 0.257 e. The first-order valence-corrected chi connectivity index (χ1v) is 13.5. The van der Waals surface area contributed by atoms with Crippen LogP contribution in [-0.4, -0.2) is 37.5 Å². The van der Waals surface area contributed by atoms with Gasteiger partial charge in [-0.2, -0.15) is 4.31 Å². The van der Waals surface area contributed by atoms with Gasteiger partial charge in [0.15, 0.2) is 5.78 Å². The Balaban J connectivity index is 1.64. The third kappa shape index (κ3) is 5.76. The molecule has 0 radical (unpaired) electrons. The molecule has 3 aromatic rings. The van der Waals surface area contributed by atoms with Crippen molar-refractivity contribution in [2.75, 3.05) is 18.4 Å². The Bertz CT molecular complexity index is 1350. The van der Waals surface area contributed by atoms with Crippen LogP contribution in [0.4, 0.5) is 5.69 Å². The highest BCUT2D eigenvalue weighted by atomic mass is 35.5. The van der Waals surface area contributed by atoms with Crippen LogP contribution >= 0.6 is 23.2 Å². The van der Waals surface area contributed by atoms with Crippen LogP contribution in [0.25, 0.3) is 0 Å². The summed E-state index contributed by atoms with van der Waals surface area (Å²) in [4.78, 5) is 26.3. The summed E-state index contributed by atoms with van der Waals surface area (Å²) < 4.78 is 27.9. The van der Waals surface area contributed by atoms with E-state index in [0.717, 1.165) is 25.7 Å². The number of rotatable bonds is 6. The van der Waals surface area contributed by atoms with Crippen molar-refractivity contribution < 1.29 is 18.0 Å². The third-order valence-corrected chi connectivity index (χ3v) is 8.35. The zero-order valence-corrected chi connectivity index (χ0v) is 21.2. The lowest BCUT2D eigenvalue weighted by atomic mass is 10.0. The predicted molar refractivity (Wildman–Crippen MR) is 138 cm³/mol. The van der Waals surface area contributed by atoms with Crippen LogP contribution in [0.5, 0.6) is 0 Å². The van der Waals surface area contributed by atoms with E-state index >= 15 is 0 Å². The van der Waals surface area contributed by atoms with Gasteiger partial charge in [-0.15, -0.1) is 0 Å². The highest BCUT2D eigenvalue weighted by Gasteiger charge is 2.27. The normalized spacial score (nSPS) is 14.8. The number of nitrogens with one attached hydrogen (secondary N) is 1. The number of amides is 1. The zero-order valence-electron chi connectivity index (χ0n) is 18.8. The Morgan fingerprint density at radius 2 is 1.49 bits per heavy atom. The average molecular weight is 531 g/mol. The van der Waals surface area contributed by atoms with E-state index in [1.807, 2.05) is 0 Å². The van der Waals surface area contributed by atoms with Gasteiger partial charge in [0, 0.05) is 29.2 Å². The van der Waals surface area contributed by atoms with Crippen molar-refractivity contribution in [2.24, 2.45) is 0 Å². The summed E-state index contributed by atoms with van der Waals surface area (Å²) in [7, 11) is -3.77. The van der Waals surface area contributed by atoms with Gasteiger partial charge in [0.1, 0.15) is 0 Å². The molecule has 0 spiro atoms. The van der Waals surface area contributed by atoms with Crippen molar-refractivity contribution >= 4 is 50.6 Å². The Morgan fingerprint density at radius 3 is 2.17 bits per heavy atom. The van der Waals surface area contributed by atoms with Crippen LogP contribution in [-0.2, 0) is 10.0 Å². The number of hydrogen-bond donors (Lipinski definition) is 1. The third-order valence-electron chi connectivity index (χ3n) is 5.90. The molecule has 6 nitrogen and oxygen atoms in total. The lowest BCUT2D eigenvalue weighted by Crippen LogP contribution is -2.32. The van der Waals surface area contributed by atoms with Gasteiger partial charge in [-0.1, -0.05) is 66.4 Å². The fraction of sp³-hybridized carbons (Fsp3) is 0.231. The Morgan fingerprint density at radius 1 is 0.800 bits per heavy atom. The summed E-state index contributed by atoms with van der Waals surface area (Å²) in [5, 5.41) is 3.14. The summed E-state index contributed by atoms with van der Waals surface area (Å²) in [5.74, 6) is -0.945. The van der Waals surface area contributed by atoms with E-state index in [1.165, 1.54) is 34.6 Å². The van der Waals surface area contributed by atoms with E-state index in [9.17, 15) is 18.0 Å². The summed E-state index contributed by atoms with van der Waals surface area (Å²) in [6.45, 7) is 0.893. The maximum atomic E-state index is 13.2. The van der Waals surface area contributed by atoms with Crippen molar-refractivity contribution in [3.63, 3.8) is 0 Å². The molecule has 1 amide bonds. The van der Waals surface area contributed by atoms with Crippen molar-refractivity contribution in [1.82, 2.24) is 4.31 Å². The van der Waals surface area contributed by atoms with Crippen molar-refractivity contribution in [2.45, 2.75) is 30.6 Å². The second kappa shape index (κ2) is 10.9. The number of halogens is 2. The number of sulfonamides is 1. The predicted octanol–water partition coefficient (Wildman–Crippen LogP) is 6.04. The molecule has 1 aliphatic rings. The van der Waals surface area contributed by atoms with Gasteiger partial charge in [0.2, 0.25) is 10.0 Å². The first-order chi connectivity index (χ1) is 16.8. The molecule has 1 saturated heterocycles. The summed E-state index contributed by atoms with van der Waals surface area (Å²) in [6.07, 6.45) is 3.58. The molecule has 9 heteroatoms. The molecule has 1 aliphatic heterocycles. The molecule has 0 aromatic heterocycles. The van der Waals surface area contributed by atoms with Crippen molar-refractivity contribution in [3.05, 3.63) is 93.5 Å². The number of hydrogen-bond acceptors (Lipinski definition) is 4. The van der Waals surface area contributed by atoms with Gasteiger partial charge in [0.05, 0.1) is 21.2 Å². The summed E-state index contributed by atoms with van der Waals surface area (Å²) in [6, 6.07) is 17.3. The van der Waals surface area contributed by atoms with Gasteiger partial charge in [-0.05, 0) is 49.2 Å². The van der Waals surface area contributed by atoms with Crippen LogP contribution in [0.15, 0.2) is 71.6 Å². The highest BCUT2D eigenvalue weighted by molar-refractivity contribution is 7.89. The van der Waals surface area contributed by atoms with E-state index in [-0.39, 0.29) is 32.5 Å². The van der Waals surface area contributed by atoms with Crippen LogP contribution < -0.4 is 5.32 Å². The minimum absolute atomic E-state index is 0.00405. The second-order valence-corrected chi connectivity index (χ2v) is 11.1. The van der Waals surface area contributed by atoms with Gasteiger partial charge in [-0.3, -0.25) is 9.59 Å². The van der Waals surface area contributed by atoms with E-state index in [2.05, 4.69) is 5.32 Å². The quantitative estimate of drug-likeness (QED) is 0.393. The van der Waals surface area contributed by atoms with Crippen LogP contribution in [0.2, 0.25) is 10.0 Å². The monoisotopic (exact) mass is 530 g/mol. The molecule has 4 rings (SSSR count). The molecule has 0 unspecified atom stereocenters. The van der Waals surface area contributed by atoms with E-state index in [1.54, 1.807) is 36.4 Å². The van der Waals surface area contributed by atoms with Crippen LogP contribution in [0.3, 0.4) is 0 Å². The molecule has 1 fully saturated rings. The summed E-state index contributed by atoms with van der Waals surface area (Å²) in [5.41, 5.74) is 0.885. The van der Waals surface area contributed by atoms with Gasteiger partial charge in [0.25, 0.3) is 5.91 Å². The highest BCUT2D eigenvalue weighted by Crippen LogP contribution is 2.28. The molecule has 0 aliphatic carbocycles. The maximum absolute atomic E-state index is 13.2. The number of carbonyl (C=O) groups excluding carboxylic acids is 2. The van der Waals surface area contributed by atoms with E-state index in [0.29, 0.717) is 23.7 Å². The fourth-order valence-corrected chi connectivity index (χ4v) is 5.94. The molecule has 1 N–H and O–H groups in total. The van der Waals surface area contributed by atoms with E-state index < -0.39 is 15.9 Å². The van der Waals surface area contributed by atoms with Gasteiger partial charge >= 0.3 is 0 Å². The molecule has 0 atom stereocenters. The van der Waals surface area contributed by atoms with Gasteiger partial charge in [-0.25, -0.2) is 8.42 Å². The lowest BCUT2D eigenvalue weighted by Gasteiger charge is -2.20. The van der Waals surface area contributed by atoms with Crippen LogP contribution in [0, 0.1) is 0 Å². The molecule has 0 saturated carbocycles. The molecular formula is C26H24Cl2N2O4S. The number of nitrogens with zero attached hydrogens (tertiary/aromatic N) is 1. The van der Waals surface area contributed by atoms with Crippen molar-refractivity contribution in [3.8, 4) is 0 Å². The largest absolute Gasteiger partial charge is 0.321 e. The van der Waals surface area contributed by atoms with Gasteiger partial charge < -0.3 is 5.32 Å². The second-order valence-electron chi connectivity index (χ2n) is 8.30. The minimum atomic E-state index is -3.77. The number of carbonyl (C=O) groups is 2. The standard InChI is InChI=1S/C26H24Cl2N2O4S/c27-19-10-13-24(22(16-19)25(31)18-8-4-3-5-9-18)29-26(32)21-17-20(11-12-23(21)28)35(33,34)30-14-6-1-2-7-15-30/h3-5,8-13,16-17H,1-2,6-7,14-15H2,(H,29,32).